The summed E-state index contributed by atoms with van der Waals surface area (Å²) in [4.78, 5) is 32.4. The molecule has 28 heavy (non-hydrogen) atoms. The summed E-state index contributed by atoms with van der Waals surface area (Å²) in [6.45, 7) is 4.06. The van der Waals surface area contributed by atoms with Gasteiger partial charge in [0.15, 0.2) is 0 Å². The van der Waals surface area contributed by atoms with Crippen LogP contribution in [-0.4, -0.2) is 53.4 Å². The van der Waals surface area contributed by atoms with Crippen molar-refractivity contribution < 1.29 is 9.59 Å². The molecule has 4 atom stereocenters. The van der Waals surface area contributed by atoms with Gasteiger partial charge in [0.25, 0.3) is 0 Å². The van der Waals surface area contributed by atoms with Crippen LogP contribution in [0.2, 0.25) is 0 Å². The van der Waals surface area contributed by atoms with Gasteiger partial charge in [-0.3, -0.25) is 14.6 Å². The molecule has 3 fully saturated rings. The number of aromatic nitrogens is 1. The summed E-state index contributed by atoms with van der Waals surface area (Å²) in [5.41, 5.74) is 3.40. The number of piperidine rings is 3. The first-order valence-electron chi connectivity index (χ1n) is 10.7. The van der Waals surface area contributed by atoms with Gasteiger partial charge in [0.05, 0.1) is 0 Å². The van der Waals surface area contributed by atoms with Crippen LogP contribution in [0.1, 0.15) is 42.5 Å². The van der Waals surface area contributed by atoms with Crippen LogP contribution in [-0.2, 0) is 29.1 Å². The van der Waals surface area contributed by atoms with Crippen molar-refractivity contribution in [3.8, 4) is 0 Å². The topological polar surface area (TPSA) is 86.4 Å². The zero-order chi connectivity index (χ0) is 19.1. The Bertz CT molecular complexity index is 782. The number of amides is 2. The maximum absolute atomic E-state index is 13.2. The largest absolute Gasteiger partial charge is 0.350 e. The van der Waals surface area contributed by atoms with Gasteiger partial charge in [0.2, 0.25) is 11.8 Å². The van der Waals surface area contributed by atoms with E-state index in [0.717, 1.165) is 63.1 Å². The highest BCUT2D eigenvalue weighted by Crippen LogP contribution is 2.39. The van der Waals surface area contributed by atoms with Crippen molar-refractivity contribution in [3.05, 3.63) is 29.1 Å². The van der Waals surface area contributed by atoms with E-state index < -0.39 is 0 Å². The quantitative estimate of drug-likeness (QED) is 0.701. The molecule has 7 nitrogen and oxygen atoms in total. The molecule has 5 heterocycles. The summed E-state index contributed by atoms with van der Waals surface area (Å²) >= 11 is 0. The molecule has 2 bridgehead atoms. The third-order valence-electron chi connectivity index (χ3n) is 6.95. The number of hydrogen-bond donors (Lipinski definition) is 3. The van der Waals surface area contributed by atoms with Crippen molar-refractivity contribution in [1.82, 2.24) is 25.8 Å². The second-order valence-corrected chi connectivity index (χ2v) is 8.71. The number of nitrogens with one attached hydrogen (secondary N) is 3. The molecule has 4 aliphatic heterocycles. The lowest BCUT2D eigenvalue weighted by Gasteiger charge is -2.53. The Morgan fingerprint density at radius 3 is 3.07 bits per heavy atom. The summed E-state index contributed by atoms with van der Waals surface area (Å²) in [7, 11) is 0. The fourth-order valence-corrected chi connectivity index (χ4v) is 5.64. The van der Waals surface area contributed by atoms with E-state index >= 15 is 0 Å². The van der Waals surface area contributed by atoms with Gasteiger partial charge < -0.3 is 20.9 Å². The van der Waals surface area contributed by atoms with E-state index in [9.17, 15) is 9.59 Å². The number of fused-ring (bicyclic) bond motifs is 5. The zero-order valence-electron chi connectivity index (χ0n) is 16.2. The first-order chi connectivity index (χ1) is 13.7. The molecule has 0 aromatic carbocycles. The van der Waals surface area contributed by atoms with Crippen LogP contribution in [0.3, 0.4) is 0 Å². The molecule has 1 aromatic rings. The maximum Gasteiger partial charge on any atom is 0.243 e. The van der Waals surface area contributed by atoms with E-state index in [0.29, 0.717) is 18.9 Å². The van der Waals surface area contributed by atoms with Crippen molar-refractivity contribution in [2.24, 2.45) is 11.8 Å². The van der Waals surface area contributed by atoms with Gasteiger partial charge >= 0.3 is 0 Å². The van der Waals surface area contributed by atoms with Crippen LogP contribution in [0.25, 0.3) is 0 Å². The van der Waals surface area contributed by atoms with E-state index in [1.54, 1.807) is 0 Å². The Balaban J connectivity index is 1.31. The molecule has 3 N–H and O–H groups in total. The fraction of sp³-hybridized carbons (Fsp3) is 0.667. The molecular weight excluding hydrogens is 354 g/mol. The van der Waals surface area contributed by atoms with Crippen LogP contribution in [0.4, 0.5) is 0 Å². The highest BCUT2D eigenvalue weighted by atomic mass is 16.2. The van der Waals surface area contributed by atoms with Crippen molar-refractivity contribution in [1.29, 1.82) is 0 Å². The van der Waals surface area contributed by atoms with E-state index in [-0.39, 0.29) is 29.8 Å². The molecule has 5 rings (SSSR count). The smallest absolute Gasteiger partial charge is 0.243 e. The minimum atomic E-state index is -0.339. The number of carbonyl (C=O) groups excluding carboxylic acids is 2. The molecule has 1 aromatic heterocycles. The number of carbonyl (C=O) groups is 2. The zero-order valence-corrected chi connectivity index (χ0v) is 16.2. The monoisotopic (exact) mass is 383 g/mol. The number of rotatable bonds is 3. The molecule has 0 saturated carbocycles. The predicted octanol–water partition coefficient (Wildman–Crippen LogP) is 0.333. The van der Waals surface area contributed by atoms with E-state index in [2.05, 4.69) is 27.0 Å². The molecule has 0 aliphatic carbocycles. The molecule has 7 heteroatoms. The molecular formula is C21H29N5O2. The third kappa shape index (κ3) is 3.20. The first-order valence-corrected chi connectivity index (χ1v) is 10.7. The average Bonchev–Trinajstić information content (AvgIpc) is 2.73. The minimum Gasteiger partial charge on any atom is -0.350 e. The second kappa shape index (κ2) is 7.44. The molecule has 0 spiro atoms. The highest BCUT2D eigenvalue weighted by Gasteiger charge is 2.50. The summed E-state index contributed by atoms with van der Waals surface area (Å²) in [5.74, 6) is 0.852. The van der Waals surface area contributed by atoms with Gasteiger partial charge in [-0.05, 0) is 48.9 Å². The van der Waals surface area contributed by atoms with Crippen LogP contribution in [0.15, 0.2) is 12.3 Å². The normalized spacial score (nSPS) is 31.7. The molecule has 2 amide bonds. The predicted molar refractivity (Wildman–Crippen MR) is 104 cm³/mol. The van der Waals surface area contributed by atoms with Crippen LogP contribution >= 0.6 is 0 Å². The number of nitrogens with zero attached hydrogens (tertiary/aromatic N) is 2. The van der Waals surface area contributed by atoms with Gasteiger partial charge in [-0.25, -0.2) is 0 Å². The molecule has 0 unspecified atom stereocenters. The van der Waals surface area contributed by atoms with Crippen molar-refractivity contribution in [2.75, 3.05) is 19.6 Å². The first kappa shape index (κ1) is 18.1. The van der Waals surface area contributed by atoms with Gasteiger partial charge in [0, 0.05) is 62.9 Å². The Morgan fingerprint density at radius 1 is 1.25 bits per heavy atom. The minimum absolute atomic E-state index is 0.0109. The average molecular weight is 383 g/mol. The SMILES string of the molecule is O=C(NCc1cnc2c(c1)CNCC2)[C@H]1[C@@H]2CNC[C@@H](C2)[C@@H]2CCCC(=O)N21. The highest BCUT2D eigenvalue weighted by molar-refractivity contribution is 5.89. The second-order valence-electron chi connectivity index (χ2n) is 8.71. The number of hydrogen-bond acceptors (Lipinski definition) is 5. The Kier molecular flexibility index (Phi) is 4.80. The van der Waals surface area contributed by atoms with Gasteiger partial charge in [-0.2, -0.15) is 0 Å². The van der Waals surface area contributed by atoms with Crippen LogP contribution < -0.4 is 16.0 Å². The standard InChI is InChI=1S/C21H29N5O2/c27-19-3-1-2-18-15-7-16(12-23-11-15)20(26(18)19)21(28)25-9-13-6-14-10-22-5-4-17(14)24-8-13/h6,8,15-16,18,20,22-23H,1-5,7,9-12H2,(H,25,28)/t15-,16+,18+,20-/m1/s1. The summed E-state index contributed by atoms with van der Waals surface area (Å²) in [6.07, 6.45) is 6.43. The van der Waals surface area contributed by atoms with Crippen molar-refractivity contribution in [3.63, 3.8) is 0 Å². The third-order valence-corrected chi connectivity index (χ3v) is 6.95. The lowest BCUT2D eigenvalue weighted by atomic mass is 9.72. The summed E-state index contributed by atoms with van der Waals surface area (Å²) in [6, 6.07) is 2.02. The van der Waals surface area contributed by atoms with Gasteiger partial charge in [0.1, 0.15) is 6.04 Å². The van der Waals surface area contributed by atoms with Crippen molar-refractivity contribution in [2.45, 2.75) is 57.3 Å². The Labute approximate surface area is 165 Å². The molecule has 4 aliphatic rings. The lowest BCUT2D eigenvalue weighted by Crippen LogP contribution is -2.67. The number of pyridine rings is 1. The molecule has 3 saturated heterocycles. The summed E-state index contributed by atoms with van der Waals surface area (Å²) in [5, 5.41) is 9.97. The molecule has 150 valence electrons. The van der Waals surface area contributed by atoms with E-state index in [1.807, 2.05) is 11.1 Å². The van der Waals surface area contributed by atoms with Gasteiger partial charge in [-0.1, -0.05) is 0 Å². The van der Waals surface area contributed by atoms with E-state index in [1.165, 1.54) is 5.56 Å². The van der Waals surface area contributed by atoms with E-state index in [4.69, 9.17) is 0 Å². The Hall–Kier alpha value is -1.99. The van der Waals surface area contributed by atoms with Crippen LogP contribution in [0, 0.1) is 11.8 Å². The fourth-order valence-electron chi connectivity index (χ4n) is 5.64. The maximum atomic E-state index is 13.2. The van der Waals surface area contributed by atoms with Crippen LogP contribution in [0.5, 0.6) is 0 Å². The lowest BCUT2D eigenvalue weighted by molar-refractivity contribution is -0.157. The summed E-state index contributed by atoms with van der Waals surface area (Å²) < 4.78 is 0. The van der Waals surface area contributed by atoms with Gasteiger partial charge in [-0.15, -0.1) is 0 Å². The molecule has 0 radical (unpaired) electrons. The Morgan fingerprint density at radius 2 is 2.14 bits per heavy atom. The van der Waals surface area contributed by atoms with Crippen molar-refractivity contribution >= 4 is 11.8 Å².